The molecule has 8 nitrogen and oxygen atoms in total. The molecule has 2 fully saturated rings. The van der Waals surface area contributed by atoms with Crippen molar-refractivity contribution >= 4 is 12.0 Å². The average molecular weight is 455 g/mol. The summed E-state index contributed by atoms with van der Waals surface area (Å²) in [4.78, 5) is 33.5. The van der Waals surface area contributed by atoms with E-state index in [1.807, 2.05) is 25.7 Å². The number of amides is 2. The van der Waals surface area contributed by atoms with E-state index < -0.39 is 11.4 Å². The van der Waals surface area contributed by atoms with Crippen molar-refractivity contribution in [3.8, 4) is 17.5 Å². The van der Waals surface area contributed by atoms with E-state index >= 15 is 0 Å². The van der Waals surface area contributed by atoms with Crippen molar-refractivity contribution in [3.63, 3.8) is 0 Å². The van der Waals surface area contributed by atoms with Crippen molar-refractivity contribution in [1.29, 1.82) is 5.26 Å². The lowest BCUT2D eigenvalue weighted by Gasteiger charge is -2.38. The van der Waals surface area contributed by atoms with E-state index in [-0.39, 0.29) is 41.2 Å². The highest BCUT2D eigenvalue weighted by molar-refractivity contribution is 5.93. The summed E-state index contributed by atoms with van der Waals surface area (Å²) >= 11 is 0. The zero-order valence-electron chi connectivity index (χ0n) is 19.0. The maximum Gasteiger partial charge on any atom is 0.410 e. The van der Waals surface area contributed by atoms with Gasteiger partial charge in [0.15, 0.2) is 5.69 Å². The first-order valence-corrected chi connectivity index (χ1v) is 11.1. The maximum absolute atomic E-state index is 14.0. The number of aromatic nitrogens is 1. The molecular formula is C24H27FN4O4. The number of likely N-dealkylation sites (tertiary alicyclic amines) is 1. The standard InChI is InChI=1S/C24H27FN4O4/c1-24(2,3)33-23(31)28-10-8-18(9-11-28)29(17-6-7-17)22(30)20-14-32-21(27-20)15-4-5-16(13-26)19(25)12-15/h4-5,12,14,17-18H,6-11H2,1-3H3. The molecule has 0 bridgehead atoms. The Bertz CT molecular complexity index is 1090. The Labute approximate surface area is 191 Å². The zero-order chi connectivity index (χ0) is 23.8. The van der Waals surface area contributed by atoms with E-state index in [0.717, 1.165) is 12.8 Å². The molecule has 2 aromatic rings. The molecule has 0 spiro atoms. The van der Waals surface area contributed by atoms with Crippen LogP contribution in [0.3, 0.4) is 0 Å². The third kappa shape index (κ3) is 5.16. The first-order valence-electron chi connectivity index (χ1n) is 11.1. The lowest BCUT2D eigenvalue weighted by atomic mass is 10.0. The van der Waals surface area contributed by atoms with Gasteiger partial charge in [-0.05, 0) is 64.7 Å². The lowest BCUT2D eigenvalue weighted by Crippen LogP contribution is -2.50. The van der Waals surface area contributed by atoms with Crippen LogP contribution in [0, 0.1) is 17.1 Å². The third-order valence-electron chi connectivity index (χ3n) is 5.74. The topological polar surface area (TPSA) is 99.7 Å². The number of carbonyl (C=O) groups is 2. The fourth-order valence-electron chi connectivity index (χ4n) is 4.01. The van der Waals surface area contributed by atoms with E-state index in [0.29, 0.717) is 31.5 Å². The molecule has 0 N–H and O–H groups in total. The monoisotopic (exact) mass is 454 g/mol. The molecule has 9 heteroatoms. The second kappa shape index (κ2) is 8.85. The predicted octanol–water partition coefficient (Wildman–Crippen LogP) is 4.36. The second-order valence-electron chi connectivity index (χ2n) is 9.49. The quantitative estimate of drug-likeness (QED) is 0.681. The number of carbonyl (C=O) groups excluding carboxylic acids is 2. The number of nitrogens with zero attached hydrogens (tertiary/aromatic N) is 4. The van der Waals surface area contributed by atoms with Crippen LogP contribution in [0.2, 0.25) is 0 Å². The van der Waals surface area contributed by atoms with Crippen molar-refractivity contribution in [2.45, 2.75) is 64.1 Å². The molecule has 2 heterocycles. The van der Waals surface area contributed by atoms with Gasteiger partial charge in [-0.3, -0.25) is 4.79 Å². The molecule has 33 heavy (non-hydrogen) atoms. The second-order valence-corrected chi connectivity index (χ2v) is 9.49. The Balaban J connectivity index is 1.45. The number of nitriles is 1. The smallest absolute Gasteiger partial charge is 0.410 e. The Hall–Kier alpha value is -3.41. The van der Waals surface area contributed by atoms with Crippen LogP contribution in [-0.2, 0) is 4.74 Å². The van der Waals surface area contributed by atoms with Gasteiger partial charge in [0, 0.05) is 30.7 Å². The summed E-state index contributed by atoms with van der Waals surface area (Å²) in [7, 11) is 0. The highest BCUT2D eigenvalue weighted by Crippen LogP contribution is 2.34. The number of hydrogen-bond donors (Lipinski definition) is 0. The minimum absolute atomic E-state index is 0.00352. The highest BCUT2D eigenvalue weighted by Gasteiger charge is 2.40. The van der Waals surface area contributed by atoms with Crippen LogP contribution >= 0.6 is 0 Å². The molecule has 0 atom stereocenters. The van der Waals surface area contributed by atoms with Crippen molar-refractivity contribution < 1.29 is 23.1 Å². The summed E-state index contributed by atoms with van der Waals surface area (Å²) in [5.74, 6) is -0.771. The van der Waals surface area contributed by atoms with Crippen molar-refractivity contribution in [2.75, 3.05) is 13.1 Å². The van der Waals surface area contributed by atoms with Gasteiger partial charge in [0.25, 0.3) is 5.91 Å². The van der Waals surface area contributed by atoms with Crippen LogP contribution < -0.4 is 0 Å². The molecule has 0 unspecified atom stereocenters. The van der Waals surface area contributed by atoms with Gasteiger partial charge in [-0.15, -0.1) is 0 Å². The van der Waals surface area contributed by atoms with Gasteiger partial charge in [0.1, 0.15) is 23.8 Å². The Morgan fingerprint density at radius 2 is 1.88 bits per heavy atom. The predicted molar refractivity (Wildman–Crippen MR) is 117 cm³/mol. The average Bonchev–Trinajstić information content (AvgIpc) is 3.47. The summed E-state index contributed by atoms with van der Waals surface area (Å²) in [6, 6.07) is 5.98. The first kappa shape index (κ1) is 22.8. The molecule has 1 aliphatic heterocycles. The van der Waals surface area contributed by atoms with Gasteiger partial charge < -0.3 is 19.0 Å². The number of piperidine rings is 1. The van der Waals surface area contributed by atoms with Crippen LogP contribution in [0.15, 0.2) is 28.9 Å². The summed E-state index contributed by atoms with van der Waals surface area (Å²) in [5, 5.41) is 8.89. The van der Waals surface area contributed by atoms with Gasteiger partial charge in [0.2, 0.25) is 5.89 Å². The van der Waals surface area contributed by atoms with E-state index in [1.165, 1.54) is 24.5 Å². The number of benzene rings is 1. The largest absolute Gasteiger partial charge is 0.444 e. The number of oxazole rings is 1. The number of halogens is 1. The van der Waals surface area contributed by atoms with Crippen LogP contribution in [0.25, 0.3) is 11.5 Å². The highest BCUT2D eigenvalue weighted by atomic mass is 19.1. The first-order chi connectivity index (χ1) is 15.7. The molecule has 2 amide bonds. The fourth-order valence-corrected chi connectivity index (χ4v) is 4.01. The molecule has 1 saturated heterocycles. The van der Waals surface area contributed by atoms with E-state index in [4.69, 9.17) is 14.4 Å². The molecule has 1 saturated carbocycles. The van der Waals surface area contributed by atoms with Gasteiger partial charge in [-0.1, -0.05) is 0 Å². The van der Waals surface area contributed by atoms with Crippen molar-refractivity contribution in [2.24, 2.45) is 0 Å². The Kier molecular flexibility index (Phi) is 6.11. The molecule has 174 valence electrons. The zero-order valence-corrected chi connectivity index (χ0v) is 19.0. The fraction of sp³-hybridized carbons (Fsp3) is 0.500. The Morgan fingerprint density at radius 3 is 2.45 bits per heavy atom. The lowest BCUT2D eigenvalue weighted by molar-refractivity contribution is 0.0141. The van der Waals surface area contributed by atoms with E-state index in [1.54, 1.807) is 11.0 Å². The summed E-state index contributed by atoms with van der Waals surface area (Å²) in [6.45, 7) is 6.55. The van der Waals surface area contributed by atoms with Gasteiger partial charge in [-0.25, -0.2) is 14.2 Å². The molecular weight excluding hydrogens is 427 g/mol. The van der Waals surface area contributed by atoms with Crippen LogP contribution in [0.1, 0.15) is 62.5 Å². The van der Waals surface area contributed by atoms with Crippen molar-refractivity contribution in [3.05, 3.63) is 41.5 Å². The van der Waals surface area contributed by atoms with Crippen LogP contribution in [-0.4, -0.2) is 57.6 Å². The summed E-state index contributed by atoms with van der Waals surface area (Å²) < 4.78 is 24.9. The summed E-state index contributed by atoms with van der Waals surface area (Å²) in [6.07, 6.45) is 4.15. The van der Waals surface area contributed by atoms with Gasteiger partial charge >= 0.3 is 6.09 Å². The molecule has 1 aliphatic carbocycles. The van der Waals surface area contributed by atoms with E-state index in [9.17, 15) is 14.0 Å². The molecule has 2 aliphatic rings. The van der Waals surface area contributed by atoms with Gasteiger partial charge in [-0.2, -0.15) is 5.26 Å². The normalized spacial score (nSPS) is 16.9. The van der Waals surface area contributed by atoms with Crippen molar-refractivity contribution in [1.82, 2.24) is 14.8 Å². The third-order valence-corrected chi connectivity index (χ3v) is 5.74. The molecule has 0 radical (unpaired) electrons. The minimum atomic E-state index is -0.669. The van der Waals surface area contributed by atoms with E-state index in [2.05, 4.69) is 4.98 Å². The molecule has 1 aromatic carbocycles. The van der Waals surface area contributed by atoms with Crippen LogP contribution in [0.4, 0.5) is 9.18 Å². The SMILES string of the molecule is CC(C)(C)OC(=O)N1CCC(N(C(=O)c2coc(-c3ccc(C#N)c(F)c3)n2)C2CC2)CC1. The molecule has 1 aromatic heterocycles. The number of hydrogen-bond acceptors (Lipinski definition) is 6. The summed E-state index contributed by atoms with van der Waals surface area (Å²) in [5.41, 5.74) is -0.100. The minimum Gasteiger partial charge on any atom is -0.444 e. The number of ether oxygens (including phenoxy) is 1. The Morgan fingerprint density at radius 1 is 1.21 bits per heavy atom. The number of rotatable bonds is 4. The van der Waals surface area contributed by atoms with Crippen LogP contribution in [0.5, 0.6) is 0 Å². The maximum atomic E-state index is 14.0. The van der Waals surface area contributed by atoms with Gasteiger partial charge in [0.05, 0.1) is 5.56 Å². The molecule has 4 rings (SSSR count).